The summed E-state index contributed by atoms with van der Waals surface area (Å²) in [6.45, 7) is 4.22. The van der Waals surface area contributed by atoms with E-state index in [0.717, 1.165) is 32.4 Å². The van der Waals surface area contributed by atoms with Gasteiger partial charge in [-0.3, -0.25) is 4.79 Å². The molecule has 16 heavy (non-hydrogen) atoms. The quantitative estimate of drug-likeness (QED) is 0.703. The molecular formula is C12H24N2O2. The lowest BCUT2D eigenvalue weighted by molar-refractivity contribution is -0.145. The molecule has 1 aliphatic heterocycles. The largest absolute Gasteiger partial charge is 0.468 e. The molecule has 1 saturated heterocycles. The summed E-state index contributed by atoms with van der Waals surface area (Å²) < 4.78 is 4.82. The Kier molecular flexibility index (Phi) is 6.42. The van der Waals surface area contributed by atoms with E-state index >= 15 is 0 Å². The molecule has 1 heterocycles. The van der Waals surface area contributed by atoms with Crippen LogP contribution in [0.2, 0.25) is 0 Å². The van der Waals surface area contributed by atoms with Crippen molar-refractivity contribution in [3.05, 3.63) is 0 Å². The predicted molar refractivity (Wildman–Crippen MR) is 63.9 cm³/mol. The lowest BCUT2D eigenvalue weighted by Gasteiger charge is -2.30. The Balaban J connectivity index is 2.38. The minimum Gasteiger partial charge on any atom is -0.468 e. The lowest BCUT2D eigenvalue weighted by atomic mass is 10.1. The van der Waals surface area contributed by atoms with Crippen LogP contribution in [0.4, 0.5) is 0 Å². The van der Waals surface area contributed by atoms with Crippen LogP contribution in [0.25, 0.3) is 0 Å². The highest BCUT2D eigenvalue weighted by Crippen LogP contribution is 2.09. The Hall–Kier alpha value is -0.610. The molecule has 0 aliphatic carbocycles. The van der Waals surface area contributed by atoms with Crippen molar-refractivity contribution in [2.45, 2.75) is 51.5 Å². The van der Waals surface area contributed by atoms with Crippen molar-refractivity contribution in [2.75, 3.05) is 20.2 Å². The van der Waals surface area contributed by atoms with Gasteiger partial charge in [-0.25, -0.2) is 10.4 Å². The van der Waals surface area contributed by atoms with Crippen LogP contribution in [0.15, 0.2) is 0 Å². The van der Waals surface area contributed by atoms with Crippen LogP contribution in [-0.4, -0.2) is 37.2 Å². The van der Waals surface area contributed by atoms with Gasteiger partial charge in [0.1, 0.15) is 6.04 Å². The molecule has 94 valence electrons. The summed E-state index contributed by atoms with van der Waals surface area (Å²) in [6, 6.07) is -0.164. The fourth-order valence-corrected chi connectivity index (χ4v) is 2.03. The van der Waals surface area contributed by atoms with Gasteiger partial charge in [0.05, 0.1) is 7.11 Å². The van der Waals surface area contributed by atoms with E-state index in [9.17, 15) is 4.79 Å². The summed E-state index contributed by atoms with van der Waals surface area (Å²) in [5.41, 5.74) is 3.30. The number of carbonyl (C=O) groups is 1. The van der Waals surface area contributed by atoms with Gasteiger partial charge in [-0.05, 0) is 19.3 Å². The van der Waals surface area contributed by atoms with E-state index in [2.05, 4.69) is 17.4 Å². The van der Waals surface area contributed by atoms with Crippen molar-refractivity contribution in [3.8, 4) is 0 Å². The molecule has 0 radical (unpaired) electrons. The van der Waals surface area contributed by atoms with Gasteiger partial charge in [-0.15, -0.1) is 0 Å². The standard InChI is InChI=1S/C12H24N2O2/c1-3-4-8-11(12(15)16-2)13-14-9-6-5-7-10-14/h11,13H,3-10H2,1-2H3. The predicted octanol–water partition coefficient (Wildman–Crippen LogP) is 1.71. The summed E-state index contributed by atoms with van der Waals surface area (Å²) >= 11 is 0. The van der Waals surface area contributed by atoms with Crippen molar-refractivity contribution in [2.24, 2.45) is 0 Å². The maximum atomic E-state index is 11.6. The monoisotopic (exact) mass is 228 g/mol. The summed E-state index contributed by atoms with van der Waals surface area (Å²) in [6.07, 6.45) is 6.76. The molecule has 1 aliphatic rings. The van der Waals surface area contributed by atoms with Gasteiger partial charge in [0.2, 0.25) is 0 Å². The Morgan fingerprint density at radius 3 is 2.62 bits per heavy atom. The van der Waals surface area contributed by atoms with Gasteiger partial charge < -0.3 is 4.74 Å². The van der Waals surface area contributed by atoms with Crippen molar-refractivity contribution in [3.63, 3.8) is 0 Å². The summed E-state index contributed by atoms with van der Waals surface area (Å²) in [7, 11) is 1.46. The highest BCUT2D eigenvalue weighted by molar-refractivity contribution is 5.75. The smallest absolute Gasteiger partial charge is 0.324 e. The molecule has 1 fully saturated rings. The minimum atomic E-state index is -0.164. The van der Waals surface area contributed by atoms with Gasteiger partial charge >= 0.3 is 5.97 Å². The summed E-state index contributed by atoms with van der Waals surface area (Å²) in [5.74, 6) is -0.140. The third kappa shape index (κ3) is 4.49. The fraction of sp³-hybridized carbons (Fsp3) is 0.917. The number of nitrogens with one attached hydrogen (secondary N) is 1. The molecule has 1 atom stereocenters. The van der Waals surface area contributed by atoms with E-state index in [4.69, 9.17) is 4.74 Å². The summed E-state index contributed by atoms with van der Waals surface area (Å²) in [5, 5.41) is 2.17. The first-order valence-corrected chi connectivity index (χ1v) is 6.37. The zero-order chi connectivity index (χ0) is 11.8. The summed E-state index contributed by atoms with van der Waals surface area (Å²) in [4.78, 5) is 11.6. The SMILES string of the molecule is CCCCC(NN1CCCCC1)C(=O)OC. The van der Waals surface area contributed by atoms with Gasteiger partial charge in [0.15, 0.2) is 0 Å². The minimum absolute atomic E-state index is 0.140. The molecule has 0 amide bonds. The van der Waals surface area contributed by atoms with Crippen LogP contribution in [0.5, 0.6) is 0 Å². The second-order valence-corrected chi connectivity index (χ2v) is 4.39. The molecule has 0 bridgehead atoms. The van der Waals surface area contributed by atoms with Gasteiger partial charge in [0.25, 0.3) is 0 Å². The lowest BCUT2D eigenvalue weighted by Crippen LogP contribution is -2.50. The molecule has 4 nitrogen and oxygen atoms in total. The Morgan fingerprint density at radius 2 is 2.06 bits per heavy atom. The molecule has 4 heteroatoms. The van der Waals surface area contributed by atoms with E-state index in [-0.39, 0.29) is 12.0 Å². The maximum absolute atomic E-state index is 11.6. The molecular weight excluding hydrogens is 204 g/mol. The van der Waals surface area contributed by atoms with Crippen LogP contribution in [0.3, 0.4) is 0 Å². The number of unbranched alkanes of at least 4 members (excludes halogenated alkanes) is 1. The first-order chi connectivity index (χ1) is 7.77. The maximum Gasteiger partial charge on any atom is 0.324 e. The Labute approximate surface area is 98.3 Å². The number of hydrogen-bond donors (Lipinski definition) is 1. The van der Waals surface area contributed by atoms with E-state index < -0.39 is 0 Å². The average Bonchev–Trinajstić information content (AvgIpc) is 2.34. The highest BCUT2D eigenvalue weighted by Gasteiger charge is 2.21. The topological polar surface area (TPSA) is 41.6 Å². The number of hydrazine groups is 1. The van der Waals surface area contributed by atoms with E-state index in [1.807, 2.05) is 0 Å². The van der Waals surface area contributed by atoms with E-state index in [1.54, 1.807) is 0 Å². The van der Waals surface area contributed by atoms with Crippen LogP contribution < -0.4 is 5.43 Å². The number of piperidine rings is 1. The third-order valence-corrected chi connectivity index (χ3v) is 3.03. The number of esters is 1. The number of hydrogen-bond acceptors (Lipinski definition) is 4. The average molecular weight is 228 g/mol. The van der Waals surface area contributed by atoms with E-state index in [0.29, 0.717) is 0 Å². The molecule has 1 rings (SSSR count). The number of nitrogens with zero attached hydrogens (tertiary/aromatic N) is 1. The fourth-order valence-electron chi connectivity index (χ4n) is 2.03. The first-order valence-electron chi connectivity index (χ1n) is 6.37. The first kappa shape index (κ1) is 13.5. The zero-order valence-corrected chi connectivity index (χ0v) is 10.5. The number of ether oxygens (including phenoxy) is 1. The molecule has 0 aromatic heterocycles. The van der Waals surface area contributed by atoms with Gasteiger partial charge in [-0.1, -0.05) is 26.2 Å². The number of methoxy groups -OCH3 is 1. The number of rotatable bonds is 6. The van der Waals surface area contributed by atoms with Crippen molar-refractivity contribution >= 4 is 5.97 Å². The number of carbonyl (C=O) groups excluding carboxylic acids is 1. The molecule has 0 aromatic rings. The second-order valence-electron chi connectivity index (χ2n) is 4.39. The van der Waals surface area contributed by atoms with Crippen LogP contribution in [-0.2, 0) is 9.53 Å². The second kappa shape index (κ2) is 7.63. The van der Waals surface area contributed by atoms with Crippen LogP contribution in [0, 0.1) is 0 Å². The van der Waals surface area contributed by atoms with Crippen molar-refractivity contribution in [1.82, 2.24) is 10.4 Å². The van der Waals surface area contributed by atoms with Gasteiger partial charge in [-0.2, -0.15) is 0 Å². The van der Waals surface area contributed by atoms with Crippen LogP contribution >= 0.6 is 0 Å². The molecule has 0 saturated carbocycles. The molecule has 1 N–H and O–H groups in total. The third-order valence-electron chi connectivity index (χ3n) is 3.03. The molecule has 1 unspecified atom stereocenters. The Bertz CT molecular complexity index is 203. The van der Waals surface area contributed by atoms with Gasteiger partial charge in [0, 0.05) is 13.1 Å². The normalized spacial score (nSPS) is 19.4. The Morgan fingerprint density at radius 1 is 1.38 bits per heavy atom. The molecule has 0 spiro atoms. The van der Waals surface area contributed by atoms with Crippen molar-refractivity contribution in [1.29, 1.82) is 0 Å². The molecule has 0 aromatic carbocycles. The highest BCUT2D eigenvalue weighted by atomic mass is 16.5. The zero-order valence-electron chi connectivity index (χ0n) is 10.5. The van der Waals surface area contributed by atoms with Crippen LogP contribution in [0.1, 0.15) is 45.4 Å². The van der Waals surface area contributed by atoms with Crippen molar-refractivity contribution < 1.29 is 9.53 Å². The van der Waals surface area contributed by atoms with E-state index in [1.165, 1.54) is 26.4 Å².